The van der Waals surface area contributed by atoms with Gasteiger partial charge in [-0.25, -0.2) is 4.98 Å². The van der Waals surface area contributed by atoms with Gasteiger partial charge in [0.25, 0.3) is 0 Å². The van der Waals surface area contributed by atoms with Crippen molar-refractivity contribution in [1.29, 1.82) is 0 Å². The van der Waals surface area contributed by atoms with Crippen LogP contribution in [0, 0.1) is 19.8 Å². The minimum absolute atomic E-state index is 0.0426. The first kappa shape index (κ1) is 20.4. The Hall–Kier alpha value is -2.50. The number of nitrogens with zero attached hydrogens (tertiary/aromatic N) is 1. The zero-order chi connectivity index (χ0) is 21.5. The number of carbonyl (C=O) groups excluding carboxylic acids is 1. The van der Waals surface area contributed by atoms with Gasteiger partial charge in [0.05, 0.1) is 16.6 Å². The summed E-state index contributed by atoms with van der Waals surface area (Å²) < 4.78 is 1.19. The Morgan fingerprint density at radius 3 is 2.81 bits per heavy atom. The molecule has 0 bridgehead atoms. The summed E-state index contributed by atoms with van der Waals surface area (Å²) in [6, 6.07) is 14.6. The molecule has 5 heteroatoms. The number of hydrogen-bond donors (Lipinski definition) is 1. The highest BCUT2D eigenvalue weighted by atomic mass is 32.1. The summed E-state index contributed by atoms with van der Waals surface area (Å²) in [6.07, 6.45) is 3.73. The maximum atomic E-state index is 13.0. The molecule has 1 atom stereocenters. The highest BCUT2D eigenvalue weighted by Crippen LogP contribution is 2.47. The van der Waals surface area contributed by atoms with Crippen molar-refractivity contribution in [2.24, 2.45) is 5.92 Å². The van der Waals surface area contributed by atoms with Gasteiger partial charge in [-0.05, 0) is 67.9 Å². The second-order valence-corrected chi connectivity index (χ2v) is 10.8. The third kappa shape index (κ3) is 4.04. The number of benzene rings is 2. The Balaban J connectivity index is 1.51. The van der Waals surface area contributed by atoms with Gasteiger partial charge in [0.1, 0.15) is 10.0 Å². The van der Waals surface area contributed by atoms with E-state index in [1.807, 2.05) is 6.07 Å². The zero-order valence-corrected chi connectivity index (χ0v) is 19.8. The van der Waals surface area contributed by atoms with Crippen LogP contribution in [-0.4, -0.2) is 10.9 Å². The van der Waals surface area contributed by atoms with Gasteiger partial charge in [-0.2, -0.15) is 0 Å². The van der Waals surface area contributed by atoms with E-state index in [0.717, 1.165) is 39.5 Å². The van der Waals surface area contributed by atoms with Crippen molar-refractivity contribution in [3.8, 4) is 10.6 Å². The molecule has 4 aromatic rings. The first-order valence-electron chi connectivity index (χ1n) is 10.8. The molecule has 3 nitrogen and oxygen atoms in total. The molecule has 0 fully saturated rings. The molecule has 31 heavy (non-hydrogen) atoms. The van der Waals surface area contributed by atoms with Crippen LogP contribution >= 0.6 is 22.7 Å². The highest BCUT2D eigenvalue weighted by molar-refractivity contribution is 7.22. The van der Waals surface area contributed by atoms with E-state index in [4.69, 9.17) is 4.98 Å². The Bertz CT molecular complexity index is 1250. The fourth-order valence-corrected chi connectivity index (χ4v) is 6.97. The molecular formula is C26H26N2OS2. The Labute approximate surface area is 191 Å². The second-order valence-electron chi connectivity index (χ2n) is 8.70. The van der Waals surface area contributed by atoms with Crippen molar-refractivity contribution < 1.29 is 4.79 Å². The number of fused-ring (bicyclic) bond motifs is 2. The summed E-state index contributed by atoms with van der Waals surface area (Å²) in [6.45, 7) is 6.48. The van der Waals surface area contributed by atoms with Crippen LogP contribution in [-0.2, 0) is 24.1 Å². The van der Waals surface area contributed by atoms with E-state index in [1.165, 1.54) is 32.7 Å². The molecule has 2 heterocycles. The number of rotatable bonds is 4. The molecule has 1 aliphatic carbocycles. The highest BCUT2D eigenvalue weighted by Gasteiger charge is 2.27. The molecule has 2 aromatic carbocycles. The van der Waals surface area contributed by atoms with E-state index in [2.05, 4.69) is 62.5 Å². The van der Waals surface area contributed by atoms with Crippen LogP contribution in [0.1, 0.15) is 40.5 Å². The number of carbonyl (C=O) groups is 1. The van der Waals surface area contributed by atoms with Crippen molar-refractivity contribution >= 4 is 43.8 Å². The van der Waals surface area contributed by atoms with Crippen molar-refractivity contribution in [2.75, 3.05) is 5.32 Å². The monoisotopic (exact) mass is 446 g/mol. The molecule has 2 aromatic heterocycles. The van der Waals surface area contributed by atoms with Gasteiger partial charge in [0.15, 0.2) is 0 Å². The quantitative estimate of drug-likeness (QED) is 0.369. The summed E-state index contributed by atoms with van der Waals surface area (Å²) in [5.74, 6) is 0.731. The Morgan fingerprint density at radius 2 is 2.00 bits per heavy atom. The van der Waals surface area contributed by atoms with E-state index in [-0.39, 0.29) is 5.91 Å². The number of thiophene rings is 1. The van der Waals surface area contributed by atoms with Crippen LogP contribution in [0.25, 0.3) is 20.8 Å². The maximum Gasteiger partial charge on any atom is 0.229 e. The van der Waals surface area contributed by atoms with Gasteiger partial charge >= 0.3 is 0 Å². The molecule has 0 saturated carbocycles. The normalized spacial score (nSPS) is 15.8. The molecule has 0 spiro atoms. The van der Waals surface area contributed by atoms with Crippen molar-refractivity contribution in [3.05, 3.63) is 69.6 Å². The number of amides is 1. The SMILES string of the molecule is Cc1ccc(CC(=O)Nc2sc3c(c2-c2nc4ccccc4s2)CCC(C)C3)c(C)c1. The third-order valence-corrected chi connectivity index (χ3v) is 8.35. The minimum Gasteiger partial charge on any atom is -0.317 e. The lowest BCUT2D eigenvalue weighted by molar-refractivity contribution is -0.115. The zero-order valence-electron chi connectivity index (χ0n) is 18.1. The standard InChI is InChI=1S/C26H26N2OS2/c1-15-8-10-18(17(3)12-15)14-23(29)28-26-24(19-11-9-16(2)13-22(19)31-26)25-27-20-6-4-5-7-21(20)30-25/h4-8,10,12,16H,9,11,13-14H2,1-3H3,(H,28,29). The lowest BCUT2D eigenvalue weighted by atomic mass is 9.88. The largest absolute Gasteiger partial charge is 0.317 e. The maximum absolute atomic E-state index is 13.0. The van der Waals surface area contributed by atoms with Crippen LogP contribution in [0.3, 0.4) is 0 Å². The van der Waals surface area contributed by atoms with E-state index >= 15 is 0 Å². The van der Waals surface area contributed by atoms with Crippen LogP contribution < -0.4 is 5.32 Å². The molecule has 0 radical (unpaired) electrons. The fraction of sp³-hybridized carbons (Fsp3) is 0.308. The number of anilines is 1. The lowest BCUT2D eigenvalue weighted by Gasteiger charge is -2.18. The van der Waals surface area contributed by atoms with E-state index in [1.54, 1.807) is 22.7 Å². The van der Waals surface area contributed by atoms with Crippen LogP contribution in [0.15, 0.2) is 42.5 Å². The van der Waals surface area contributed by atoms with E-state index in [9.17, 15) is 4.79 Å². The molecule has 158 valence electrons. The van der Waals surface area contributed by atoms with Gasteiger partial charge in [0.2, 0.25) is 5.91 Å². The first-order chi connectivity index (χ1) is 15.0. The molecule has 0 saturated heterocycles. The summed E-state index contributed by atoms with van der Waals surface area (Å²) in [4.78, 5) is 19.4. The van der Waals surface area contributed by atoms with Gasteiger partial charge in [-0.15, -0.1) is 22.7 Å². The first-order valence-corrected chi connectivity index (χ1v) is 12.5. The fourth-order valence-electron chi connectivity index (χ4n) is 4.43. The van der Waals surface area contributed by atoms with Gasteiger partial charge in [0, 0.05) is 10.4 Å². The Kier molecular flexibility index (Phi) is 5.40. The van der Waals surface area contributed by atoms with Gasteiger partial charge in [-0.1, -0.05) is 42.8 Å². The second kappa shape index (κ2) is 8.21. The average molecular weight is 447 g/mol. The lowest BCUT2D eigenvalue weighted by Crippen LogP contribution is -2.15. The Morgan fingerprint density at radius 1 is 1.16 bits per heavy atom. The minimum atomic E-state index is 0.0426. The van der Waals surface area contributed by atoms with Crippen molar-refractivity contribution in [3.63, 3.8) is 0 Å². The number of nitrogens with one attached hydrogen (secondary N) is 1. The average Bonchev–Trinajstić information content (AvgIpc) is 3.30. The van der Waals surface area contributed by atoms with E-state index in [0.29, 0.717) is 12.3 Å². The van der Waals surface area contributed by atoms with Crippen LogP contribution in [0.5, 0.6) is 0 Å². The summed E-state index contributed by atoms with van der Waals surface area (Å²) in [5, 5.41) is 5.25. The van der Waals surface area contributed by atoms with Crippen molar-refractivity contribution in [1.82, 2.24) is 4.98 Å². The number of hydrogen-bond acceptors (Lipinski definition) is 4. The molecule has 1 aliphatic rings. The number of aromatic nitrogens is 1. The number of aryl methyl sites for hydroxylation is 2. The van der Waals surface area contributed by atoms with Gasteiger partial charge < -0.3 is 5.32 Å². The third-order valence-electron chi connectivity index (χ3n) is 6.12. The molecule has 1 unspecified atom stereocenters. The van der Waals surface area contributed by atoms with E-state index < -0.39 is 0 Å². The topological polar surface area (TPSA) is 42.0 Å². The number of para-hydroxylation sites is 1. The molecule has 5 rings (SSSR count). The van der Waals surface area contributed by atoms with Gasteiger partial charge in [-0.3, -0.25) is 4.79 Å². The molecule has 1 amide bonds. The smallest absolute Gasteiger partial charge is 0.229 e. The van der Waals surface area contributed by atoms with Crippen LogP contribution in [0.4, 0.5) is 5.00 Å². The summed E-state index contributed by atoms with van der Waals surface area (Å²) in [7, 11) is 0. The number of thiazole rings is 1. The van der Waals surface area contributed by atoms with Crippen LogP contribution in [0.2, 0.25) is 0 Å². The molecular weight excluding hydrogens is 420 g/mol. The summed E-state index contributed by atoms with van der Waals surface area (Å²) in [5.41, 5.74) is 7.05. The molecule has 0 aliphatic heterocycles. The summed E-state index contributed by atoms with van der Waals surface area (Å²) >= 11 is 3.47. The predicted molar refractivity (Wildman–Crippen MR) is 132 cm³/mol. The predicted octanol–water partition coefficient (Wildman–Crippen LogP) is 6.95. The molecule has 1 N–H and O–H groups in total. The van der Waals surface area contributed by atoms with Crippen molar-refractivity contribution in [2.45, 2.75) is 46.5 Å².